The van der Waals surface area contributed by atoms with Gasteiger partial charge in [-0.15, -0.1) is 68.0 Å². The standard InChI is InChI=1S/C40H76N2S2Si3.C24H40N2S2Si.C22H34Br2N2S2Si/c1-17-21-23-33(19-3)25-45(26-34(20-4)24-22-18-2)37-35(43-39(41-37)46(27(5)6,28(7)8)29(9)10)36-38(45)42-40(44-36)47(30(11)12,31(13)14)32(15)16;1-7-11-13-19(9-3)15-29(16-20(10-4)14-12-8-2)23-21(27-17(5)25-23)22-24(29)26-18(6)28-22;1-5-9-11-15(7-3)13-29(14-16(8-4)12-10-6-2)19-17(27-21(23)25-19)18-20(29)26-22(24)28-18/h27-34H,17-26H2,1-16H3;19-20H,7-16H2,1-6H3;15-16H,5-14H2,1-4H3. The lowest BCUT2D eigenvalue weighted by Crippen LogP contribution is -2.63. The van der Waals surface area contributed by atoms with Crippen molar-refractivity contribution < 1.29 is 0 Å². The molecule has 0 aromatic carbocycles. The van der Waals surface area contributed by atoms with Gasteiger partial charge in [-0.25, -0.2) is 9.97 Å². The monoisotopic (exact) mass is 1760 g/mol. The minimum atomic E-state index is -2.22. The van der Waals surface area contributed by atoms with E-state index in [4.69, 9.17) is 29.9 Å². The van der Waals surface area contributed by atoms with E-state index in [0.29, 0.717) is 33.2 Å². The molecule has 0 aliphatic carbocycles. The van der Waals surface area contributed by atoms with Crippen LogP contribution in [0, 0.1) is 49.4 Å². The summed E-state index contributed by atoms with van der Waals surface area (Å²) in [5, 5.41) is 11.7. The van der Waals surface area contributed by atoms with Crippen LogP contribution in [-0.2, 0) is 0 Å². The molecule has 6 unspecified atom stereocenters. The number of aromatic nitrogens is 6. The Morgan fingerprint density at radius 3 is 0.667 bits per heavy atom. The van der Waals surface area contributed by atoms with Crippen LogP contribution < -0.4 is 41.2 Å². The SMILES string of the molecule is CCCCC(CC)C[Si]1(CC(CC)CCCC)c2nc(Br)sc2-c2sc(Br)nc21.CCCCC(CC)C[Si]1(CC(CC)CCCC)c2nc(C)sc2-c2sc(C)nc21.CCCCC(CC)C[Si]1(CC(CC)CCCC)c2nc([Si](C(C)C)(C(C)C)C(C)C)sc2-c2sc([Si](C(C)C)(C(C)C)C(C)C)nc21. The van der Waals surface area contributed by atoms with Crippen molar-refractivity contribution in [2.24, 2.45) is 35.5 Å². The van der Waals surface area contributed by atoms with Gasteiger partial charge in [-0.05, 0) is 151 Å². The van der Waals surface area contributed by atoms with Crippen LogP contribution in [0.1, 0.15) is 330 Å². The second-order valence-electron chi connectivity index (χ2n) is 35.3. The van der Waals surface area contributed by atoms with Crippen molar-refractivity contribution in [3.05, 3.63) is 17.8 Å². The van der Waals surface area contributed by atoms with E-state index in [2.05, 4.69) is 235 Å². The molecule has 6 atom stereocenters. The van der Waals surface area contributed by atoms with E-state index in [0.717, 1.165) is 43.3 Å². The normalized spacial score (nSPS) is 16.5. The third-order valence-corrected chi connectivity index (χ3v) is 66.2. The third kappa shape index (κ3) is 19.7. The molecule has 9 rings (SSSR count). The van der Waals surface area contributed by atoms with Crippen molar-refractivity contribution in [3.8, 4) is 29.3 Å². The number of unbranched alkanes of at least 4 members (excludes halogenated alkanes) is 6. The van der Waals surface area contributed by atoms with Crippen LogP contribution in [0.25, 0.3) is 29.3 Å². The minimum Gasteiger partial charge on any atom is -0.255 e. The fourth-order valence-corrected chi connectivity index (χ4v) is 69.0. The van der Waals surface area contributed by atoms with Crippen molar-refractivity contribution in [2.75, 3.05) is 0 Å². The van der Waals surface area contributed by atoms with Gasteiger partial charge in [-0.1, -0.05) is 320 Å². The first kappa shape index (κ1) is 92.0. The number of aryl methyl sites for hydroxylation is 2. The molecular formula is C86H150Br2N6S6Si5. The van der Waals surface area contributed by atoms with Crippen LogP contribution in [0.3, 0.4) is 0 Å². The molecule has 0 bridgehead atoms. The Bertz CT molecular complexity index is 3170. The zero-order valence-electron chi connectivity index (χ0n) is 71.5. The van der Waals surface area contributed by atoms with Crippen LogP contribution in [0.5, 0.6) is 0 Å². The lowest BCUT2D eigenvalue weighted by molar-refractivity contribution is 0.468. The molecule has 6 aromatic heterocycles. The summed E-state index contributed by atoms with van der Waals surface area (Å²) in [7, 11) is -9.85. The molecule has 0 saturated heterocycles. The average molecular weight is 1760 g/mol. The first-order valence-corrected chi connectivity index (χ1v) is 61.6. The van der Waals surface area contributed by atoms with Gasteiger partial charge in [-0.3, -0.25) is 19.9 Å². The number of hydrogen-bond acceptors (Lipinski definition) is 12. The second-order valence-corrected chi connectivity index (χ2v) is 68.3. The fourth-order valence-electron chi connectivity index (χ4n) is 21.2. The molecule has 3 aliphatic heterocycles. The molecular weight excluding hydrogens is 1610 g/mol. The second kappa shape index (κ2) is 41.9. The Balaban J connectivity index is 0.000000230. The van der Waals surface area contributed by atoms with Crippen molar-refractivity contribution in [2.45, 2.75) is 404 Å². The largest absolute Gasteiger partial charge is 0.255 e. The number of hydrogen-bond donors (Lipinski definition) is 0. The number of nitrogens with zero attached hydrogens (tertiary/aromatic N) is 6. The highest BCUT2D eigenvalue weighted by Gasteiger charge is 2.59. The number of rotatable bonds is 44. The molecule has 0 radical (unpaired) electrons. The molecule has 0 N–H and O–H groups in total. The molecule has 0 saturated carbocycles. The summed E-state index contributed by atoms with van der Waals surface area (Å²) in [4.78, 5) is 42.1. The summed E-state index contributed by atoms with van der Waals surface area (Å²) in [6.45, 7) is 63.4. The lowest BCUT2D eigenvalue weighted by Gasteiger charge is -2.41. The van der Waals surface area contributed by atoms with Gasteiger partial charge in [0, 0.05) is 0 Å². The van der Waals surface area contributed by atoms with E-state index in [1.165, 1.54) is 241 Å². The van der Waals surface area contributed by atoms with Gasteiger partial charge >= 0.3 is 0 Å². The topological polar surface area (TPSA) is 77.3 Å². The van der Waals surface area contributed by atoms with E-state index in [-0.39, 0.29) is 0 Å². The molecule has 0 amide bonds. The van der Waals surface area contributed by atoms with Gasteiger partial charge in [0.25, 0.3) is 0 Å². The Hall–Kier alpha value is -0.176. The van der Waals surface area contributed by atoms with Gasteiger partial charge in [0.05, 0.1) is 80.4 Å². The maximum atomic E-state index is 6.12. The third-order valence-electron chi connectivity index (χ3n) is 26.8. The molecule has 19 heteroatoms. The summed E-state index contributed by atoms with van der Waals surface area (Å²) in [6, 6.07) is 8.16. The van der Waals surface area contributed by atoms with Crippen molar-refractivity contribution in [1.82, 2.24) is 29.9 Å². The van der Waals surface area contributed by atoms with Gasteiger partial charge in [0.1, 0.15) is 16.1 Å². The molecule has 3 aliphatic rings. The Morgan fingerprint density at radius 1 is 0.276 bits per heavy atom. The average Bonchev–Trinajstić information content (AvgIpc) is 1.54. The highest BCUT2D eigenvalue weighted by atomic mass is 79.9. The van der Waals surface area contributed by atoms with E-state index in [1.54, 1.807) is 29.7 Å². The minimum absolute atomic E-state index is 0.685. The summed E-state index contributed by atoms with van der Waals surface area (Å²) in [5.41, 5.74) is 4.11. The summed E-state index contributed by atoms with van der Waals surface area (Å²) >= 11 is 19.3. The molecule has 6 aromatic rings. The molecule has 0 fully saturated rings. The van der Waals surface area contributed by atoms with Crippen LogP contribution in [0.2, 0.25) is 69.5 Å². The van der Waals surface area contributed by atoms with Crippen LogP contribution in [-0.4, -0.2) is 70.3 Å². The molecule has 0 spiro atoms. The fraction of sp³-hybridized carbons (Fsp3) is 0.791. The highest BCUT2D eigenvalue weighted by molar-refractivity contribution is 9.11. The van der Waals surface area contributed by atoms with Gasteiger partial charge < -0.3 is 0 Å². The summed E-state index contributed by atoms with van der Waals surface area (Å²) < 4.78 is 5.28. The zero-order chi connectivity index (χ0) is 77.5. The molecule has 6 nitrogen and oxygen atoms in total. The summed E-state index contributed by atoms with van der Waals surface area (Å²) in [6.07, 6.45) is 31.9. The van der Waals surface area contributed by atoms with Gasteiger partial charge in [-0.2, -0.15) is 0 Å². The number of fused-ring (bicyclic) bond motifs is 9. The van der Waals surface area contributed by atoms with Crippen LogP contribution in [0.4, 0.5) is 0 Å². The van der Waals surface area contributed by atoms with E-state index >= 15 is 0 Å². The van der Waals surface area contributed by atoms with Gasteiger partial charge in [0.2, 0.25) is 0 Å². The Kier molecular flexibility index (Phi) is 36.7. The first-order chi connectivity index (χ1) is 50.0. The Morgan fingerprint density at radius 2 is 0.467 bits per heavy atom. The van der Waals surface area contributed by atoms with E-state index in [9.17, 15) is 0 Å². The summed E-state index contributed by atoms with van der Waals surface area (Å²) in [5.74, 6) is 4.81. The smallest absolute Gasteiger partial charge is 0.169 e. The van der Waals surface area contributed by atoms with Crippen molar-refractivity contribution in [3.63, 3.8) is 0 Å². The van der Waals surface area contributed by atoms with E-state index < -0.39 is 40.4 Å². The molecule has 9 heterocycles. The van der Waals surface area contributed by atoms with Crippen LogP contribution in [0.15, 0.2) is 7.83 Å². The lowest BCUT2D eigenvalue weighted by atomic mass is 10.0. The maximum Gasteiger partial charge on any atom is 0.169 e. The van der Waals surface area contributed by atoms with Gasteiger partial charge in [0.15, 0.2) is 32.1 Å². The maximum absolute atomic E-state index is 6.12. The quantitative estimate of drug-likeness (QED) is 0.0355. The number of halogens is 2. The Labute approximate surface area is 690 Å². The predicted molar refractivity (Wildman–Crippen MR) is 500 cm³/mol. The molecule has 594 valence electrons. The highest BCUT2D eigenvalue weighted by Crippen LogP contribution is 2.51. The number of thiazole rings is 6. The zero-order valence-corrected chi connectivity index (χ0v) is 84.6. The van der Waals surface area contributed by atoms with E-state index in [1.807, 2.05) is 45.3 Å². The van der Waals surface area contributed by atoms with Crippen molar-refractivity contribution in [1.29, 1.82) is 0 Å². The molecule has 105 heavy (non-hydrogen) atoms. The predicted octanol–water partition coefficient (Wildman–Crippen LogP) is 27.6. The first-order valence-electron chi connectivity index (χ1n) is 43.4. The van der Waals surface area contributed by atoms with Crippen molar-refractivity contribution >= 4 is 181 Å². The van der Waals surface area contributed by atoms with Crippen LogP contribution >= 0.6 is 99.9 Å².